The molecule has 0 aromatic carbocycles. The van der Waals surface area contributed by atoms with Gasteiger partial charge in [0.25, 0.3) is 0 Å². The second kappa shape index (κ2) is 6.87. The van der Waals surface area contributed by atoms with Crippen LogP contribution < -0.4 is 0 Å². The normalized spacial score (nSPS) is 13.8. The molecule has 0 amide bonds. The standard InChI is InChI=1S/C7H15FNO5P/c1-3-13-15(12,14-4-2)6-5-7(8)9(10)11/h7H,3-6H2,1-2H3/t7-/m0/s1. The van der Waals surface area contributed by atoms with Gasteiger partial charge in [0.1, 0.15) is 0 Å². The molecule has 0 N–H and O–H groups in total. The van der Waals surface area contributed by atoms with E-state index in [1.165, 1.54) is 0 Å². The van der Waals surface area contributed by atoms with E-state index in [0.717, 1.165) is 0 Å². The van der Waals surface area contributed by atoms with Crippen LogP contribution in [-0.4, -0.2) is 30.6 Å². The van der Waals surface area contributed by atoms with Crippen LogP contribution in [0.25, 0.3) is 0 Å². The molecule has 0 heterocycles. The van der Waals surface area contributed by atoms with Crippen molar-refractivity contribution >= 4 is 7.60 Å². The van der Waals surface area contributed by atoms with Gasteiger partial charge in [0, 0.05) is 0 Å². The van der Waals surface area contributed by atoms with Gasteiger partial charge in [-0.2, -0.15) is 4.39 Å². The molecule has 0 saturated carbocycles. The average molecular weight is 243 g/mol. The van der Waals surface area contributed by atoms with E-state index in [2.05, 4.69) is 0 Å². The lowest BCUT2D eigenvalue weighted by molar-refractivity contribution is -0.553. The summed E-state index contributed by atoms with van der Waals surface area (Å²) in [6, 6.07) is 0. The first kappa shape index (κ1) is 14.5. The highest BCUT2D eigenvalue weighted by Gasteiger charge is 2.28. The van der Waals surface area contributed by atoms with Gasteiger partial charge in [0.05, 0.1) is 30.7 Å². The third-order valence-electron chi connectivity index (χ3n) is 1.52. The van der Waals surface area contributed by atoms with Crippen molar-refractivity contribution in [2.75, 3.05) is 19.4 Å². The van der Waals surface area contributed by atoms with Gasteiger partial charge in [-0.3, -0.25) is 14.7 Å². The molecule has 0 aliphatic carbocycles. The van der Waals surface area contributed by atoms with Crippen molar-refractivity contribution in [1.82, 2.24) is 0 Å². The summed E-state index contributed by atoms with van der Waals surface area (Å²) in [4.78, 5) is 8.92. The van der Waals surface area contributed by atoms with Crippen molar-refractivity contribution in [1.29, 1.82) is 0 Å². The first-order valence-corrected chi connectivity index (χ1v) is 6.33. The molecule has 0 aromatic rings. The molecular formula is C7H15FNO5P. The summed E-state index contributed by atoms with van der Waals surface area (Å²) in [6.07, 6.45) is -2.97. The second-order valence-corrected chi connectivity index (χ2v) is 4.86. The monoisotopic (exact) mass is 243 g/mol. The summed E-state index contributed by atoms with van der Waals surface area (Å²) in [5.74, 6) is 0. The largest absolute Gasteiger partial charge is 0.350 e. The van der Waals surface area contributed by atoms with Crippen LogP contribution in [0.5, 0.6) is 0 Å². The number of nitrogens with zero attached hydrogens (tertiary/aromatic N) is 1. The highest BCUT2D eigenvalue weighted by Crippen LogP contribution is 2.48. The van der Waals surface area contributed by atoms with E-state index in [4.69, 9.17) is 9.05 Å². The Bertz CT molecular complexity index is 240. The Balaban J connectivity index is 4.18. The maximum Gasteiger partial charge on any atom is 0.350 e. The Labute approximate surface area is 87.4 Å². The fourth-order valence-electron chi connectivity index (χ4n) is 0.930. The quantitative estimate of drug-likeness (QED) is 0.282. The summed E-state index contributed by atoms with van der Waals surface area (Å²) in [5, 5.41) is 9.99. The summed E-state index contributed by atoms with van der Waals surface area (Å²) in [6.45, 7) is 3.55. The zero-order valence-corrected chi connectivity index (χ0v) is 9.61. The molecule has 1 atom stereocenters. The molecule has 15 heavy (non-hydrogen) atoms. The number of hydrogen-bond donors (Lipinski definition) is 0. The third kappa shape index (κ3) is 5.81. The molecule has 0 aromatic heterocycles. The number of nitro groups is 1. The van der Waals surface area contributed by atoms with Crippen molar-refractivity contribution in [3.05, 3.63) is 10.1 Å². The zero-order valence-electron chi connectivity index (χ0n) is 8.72. The Kier molecular flexibility index (Phi) is 6.63. The molecule has 8 heteroatoms. The lowest BCUT2D eigenvalue weighted by atomic mass is 10.5. The summed E-state index contributed by atoms with van der Waals surface area (Å²) < 4.78 is 34.0. The molecule has 0 fully saturated rings. The van der Waals surface area contributed by atoms with Crippen LogP contribution in [0.3, 0.4) is 0 Å². The van der Waals surface area contributed by atoms with Gasteiger partial charge in [0.2, 0.25) is 0 Å². The predicted octanol–water partition coefficient (Wildman–Crippen LogP) is 2.21. The molecule has 6 nitrogen and oxygen atoms in total. The zero-order chi connectivity index (χ0) is 11.9. The van der Waals surface area contributed by atoms with Crippen molar-refractivity contribution in [2.24, 2.45) is 0 Å². The van der Waals surface area contributed by atoms with Crippen molar-refractivity contribution in [3.63, 3.8) is 0 Å². The van der Waals surface area contributed by atoms with Gasteiger partial charge in [-0.15, -0.1) is 0 Å². The molecule has 0 radical (unpaired) electrons. The summed E-state index contributed by atoms with van der Waals surface area (Å²) >= 11 is 0. The molecule has 0 aliphatic rings. The van der Waals surface area contributed by atoms with E-state index in [0.29, 0.717) is 0 Å². The Morgan fingerprint density at radius 2 is 1.87 bits per heavy atom. The van der Waals surface area contributed by atoms with E-state index in [9.17, 15) is 19.1 Å². The molecule has 0 bridgehead atoms. The topological polar surface area (TPSA) is 78.7 Å². The highest BCUT2D eigenvalue weighted by atomic mass is 31.2. The number of hydrogen-bond acceptors (Lipinski definition) is 5. The summed E-state index contributed by atoms with van der Waals surface area (Å²) in [7, 11) is -3.36. The maximum atomic E-state index is 12.6. The average Bonchev–Trinajstić information content (AvgIpc) is 2.15. The minimum Gasteiger partial charge on any atom is -0.309 e. The molecule has 0 aliphatic heterocycles. The van der Waals surface area contributed by atoms with Crippen molar-refractivity contribution in [3.8, 4) is 0 Å². The van der Waals surface area contributed by atoms with E-state index >= 15 is 0 Å². The van der Waals surface area contributed by atoms with Gasteiger partial charge < -0.3 is 9.05 Å². The number of alkyl halides is 1. The minimum absolute atomic E-state index is 0.159. The van der Waals surface area contributed by atoms with Crippen LogP contribution in [0.4, 0.5) is 4.39 Å². The Morgan fingerprint density at radius 1 is 1.40 bits per heavy atom. The van der Waals surface area contributed by atoms with Crippen LogP contribution in [0, 0.1) is 10.1 Å². The van der Waals surface area contributed by atoms with Gasteiger partial charge in [-0.1, -0.05) is 0 Å². The number of rotatable bonds is 8. The third-order valence-corrected chi connectivity index (χ3v) is 3.63. The van der Waals surface area contributed by atoms with E-state index in [1.54, 1.807) is 13.8 Å². The molecule has 0 saturated heterocycles. The highest BCUT2D eigenvalue weighted by molar-refractivity contribution is 7.53. The van der Waals surface area contributed by atoms with Gasteiger partial charge >= 0.3 is 13.9 Å². The lowest BCUT2D eigenvalue weighted by Crippen LogP contribution is -2.15. The molecule has 0 unspecified atom stereocenters. The van der Waals surface area contributed by atoms with Crippen molar-refractivity contribution < 1.29 is 22.9 Å². The van der Waals surface area contributed by atoms with Crippen molar-refractivity contribution in [2.45, 2.75) is 26.6 Å². The van der Waals surface area contributed by atoms with Crippen LogP contribution in [0.2, 0.25) is 0 Å². The van der Waals surface area contributed by atoms with Gasteiger partial charge in [-0.25, -0.2) is 0 Å². The fraction of sp³-hybridized carbons (Fsp3) is 1.00. The molecule has 90 valence electrons. The fourth-order valence-corrected chi connectivity index (χ4v) is 2.58. The van der Waals surface area contributed by atoms with Crippen LogP contribution in [0.1, 0.15) is 20.3 Å². The van der Waals surface area contributed by atoms with Gasteiger partial charge in [-0.05, 0) is 13.8 Å². The SMILES string of the molecule is CCOP(=O)(CC[C@@H](F)[N+](=O)[O-])OCC. The Hall–Kier alpha value is -0.520. The van der Waals surface area contributed by atoms with Crippen LogP contribution >= 0.6 is 7.60 Å². The van der Waals surface area contributed by atoms with Gasteiger partial charge in [0.15, 0.2) is 0 Å². The first-order valence-electron chi connectivity index (χ1n) is 4.61. The lowest BCUT2D eigenvalue weighted by Gasteiger charge is -2.16. The maximum absolute atomic E-state index is 12.6. The molecular weight excluding hydrogens is 228 g/mol. The first-order chi connectivity index (χ1) is 6.95. The number of halogens is 1. The smallest absolute Gasteiger partial charge is 0.309 e. The van der Waals surface area contributed by atoms with Crippen LogP contribution in [-0.2, 0) is 13.6 Å². The van der Waals surface area contributed by atoms with E-state index in [-0.39, 0.29) is 19.4 Å². The summed E-state index contributed by atoms with van der Waals surface area (Å²) in [5.41, 5.74) is 0. The van der Waals surface area contributed by atoms with Crippen LogP contribution in [0.15, 0.2) is 0 Å². The predicted molar refractivity (Wildman–Crippen MR) is 52.2 cm³/mol. The van der Waals surface area contributed by atoms with E-state index in [1.807, 2.05) is 0 Å². The molecule has 0 rings (SSSR count). The van der Waals surface area contributed by atoms with E-state index < -0.39 is 25.2 Å². The Morgan fingerprint density at radius 3 is 2.20 bits per heavy atom. The second-order valence-electron chi connectivity index (χ2n) is 2.68. The molecule has 0 spiro atoms. The minimum atomic E-state index is -3.36.